The number of benzene rings is 1. The Balaban J connectivity index is 1.44. The topological polar surface area (TPSA) is 97.1 Å². The zero-order valence-electron chi connectivity index (χ0n) is 15.2. The lowest BCUT2D eigenvalue weighted by Gasteiger charge is -2.34. The van der Waals surface area contributed by atoms with Crippen molar-refractivity contribution in [2.45, 2.75) is 5.75 Å². The highest BCUT2D eigenvalue weighted by Crippen LogP contribution is 2.20. The van der Waals surface area contributed by atoms with Crippen LogP contribution in [0.3, 0.4) is 0 Å². The molecule has 1 aliphatic heterocycles. The molecule has 0 bridgehead atoms. The fraction of sp³-hybridized carbons (Fsp3) is 0.294. The van der Waals surface area contributed by atoms with Gasteiger partial charge in [-0.25, -0.2) is 36.8 Å². The second-order valence-corrected chi connectivity index (χ2v) is 8.42. The molecule has 12 heteroatoms. The van der Waals surface area contributed by atoms with Crippen LogP contribution in [-0.4, -0.2) is 63.6 Å². The molecule has 2 aromatic heterocycles. The maximum absolute atomic E-state index is 13.8. The van der Waals surface area contributed by atoms with Crippen LogP contribution in [0.25, 0.3) is 5.82 Å². The summed E-state index contributed by atoms with van der Waals surface area (Å²) in [5.74, 6) is -0.813. The van der Waals surface area contributed by atoms with Gasteiger partial charge < -0.3 is 4.90 Å². The first-order valence-corrected chi connectivity index (χ1v) is 10.4. The molecule has 29 heavy (non-hydrogen) atoms. The van der Waals surface area contributed by atoms with E-state index in [0.29, 0.717) is 24.7 Å². The molecule has 0 atom stereocenters. The van der Waals surface area contributed by atoms with Crippen molar-refractivity contribution in [1.29, 1.82) is 0 Å². The van der Waals surface area contributed by atoms with Gasteiger partial charge in [-0.1, -0.05) is 0 Å². The van der Waals surface area contributed by atoms with E-state index >= 15 is 0 Å². The number of hydrogen-bond acceptors (Lipinski definition) is 7. The fourth-order valence-corrected chi connectivity index (χ4v) is 4.62. The minimum Gasteiger partial charge on any atom is -0.354 e. The molecule has 152 valence electrons. The Morgan fingerprint density at radius 3 is 2.45 bits per heavy atom. The van der Waals surface area contributed by atoms with Gasteiger partial charge in [-0.3, -0.25) is 0 Å². The molecule has 9 nitrogen and oxygen atoms in total. The monoisotopic (exact) mass is 421 g/mol. The second kappa shape index (κ2) is 7.79. The van der Waals surface area contributed by atoms with Crippen molar-refractivity contribution < 1.29 is 17.2 Å². The van der Waals surface area contributed by atoms with Crippen LogP contribution in [0.5, 0.6) is 0 Å². The third-order valence-corrected chi connectivity index (χ3v) is 6.42. The molecule has 1 aliphatic rings. The highest BCUT2D eigenvalue weighted by atomic mass is 32.2. The largest absolute Gasteiger partial charge is 0.354 e. The molecule has 0 radical (unpaired) electrons. The van der Waals surface area contributed by atoms with E-state index in [1.54, 1.807) is 6.07 Å². The summed E-state index contributed by atoms with van der Waals surface area (Å²) in [6.07, 6.45) is 4.32. The van der Waals surface area contributed by atoms with Crippen molar-refractivity contribution in [3.63, 3.8) is 0 Å². The van der Waals surface area contributed by atoms with Crippen LogP contribution in [0.1, 0.15) is 5.56 Å². The minimum absolute atomic E-state index is 0.180. The first kappa shape index (κ1) is 19.3. The summed E-state index contributed by atoms with van der Waals surface area (Å²) in [7, 11) is -3.78. The van der Waals surface area contributed by atoms with E-state index < -0.39 is 27.4 Å². The van der Waals surface area contributed by atoms with Gasteiger partial charge in [0.05, 0.1) is 5.75 Å². The number of piperazine rings is 1. The smallest absolute Gasteiger partial charge is 0.218 e. The van der Waals surface area contributed by atoms with Crippen LogP contribution in [-0.2, 0) is 15.8 Å². The predicted molar refractivity (Wildman–Crippen MR) is 99.7 cm³/mol. The van der Waals surface area contributed by atoms with Gasteiger partial charge in [-0.05, 0) is 18.2 Å². The molecule has 3 heterocycles. The van der Waals surface area contributed by atoms with Gasteiger partial charge in [0, 0.05) is 37.8 Å². The number of anilines is 1. The van der Waals surface area contributed by atoms with Gasteiger partial charge >= 0.3 is 0 Å². The molecular weight excluding hydrogens is 404 g/mol. The lowest BCUT2D eigenvalue weighted by atomic mass is 10.2. The summed E-state index contributed by atoms with van der Waals surface area (Å²) in [4.78, 5) is 14.2. The van der Waals surface area contributed by atoms with Crippen molar-refractivity contribution in [3.05, 3.63) is 60.4 Å². The average molecular weight is 421 g/mol. The van der Waals surface area contributed by atoms with Crippen LogP contribution in [0, 0.1) is 11.6 Å². The molecule has 0 N–H and O–H groups in total. The van der Waals surface area contributed by atoms with Crippen LogP contribution < -0.4 is 4.90 Å². The van der Waals surface area contributed by atoms with Crippen LogP contribution in [0.4, 0.5) is 14.6 Å². The molecule has 0 saturated carbocycles. The van der Waals surface area contributed by atoms with Crippen LogP contribution in [0.2, 0.25) is 0 Å². The lowest BCUT2D eigenvalue weighted by molar-refractivity contribution is 0.382. The van der Waals surface area contributed by atoms with E-state index in [1.807, 2.05) is 4.90 Å². The van der Waals surface area contributed by atoms with Crippen molar-refractivity contribution in [2.75, 3.05) is 31.1 Å². The molecule has 1 aromatic carbocycles. The summed E-state index contributed by atoms with van der Waals surface area (Å²) in [6.45, 7) is 1.22. The van der Waals surface area contributed by atoms with Crippen molar-refractivity contribution in [1.82, 2.24) is 29.0 Å². The average Bonchev–Trinajstić information content (AvgIpc) is 3.26. The Morgan fingerprint density at radius 2 is 1.72 bits per heavy atom. The van der Waals surface area contributed by atoms with Crippen molar-refractivity contribution in [3.8, 4) is 5.82 Å². The maximum Gasteiger partial charge on any atom is 0.218 e. The van der Waals surface area contributed by atoms with E-state index in [9.17, 15) is 17.2 Å². The third-order valence-electron chi connectivity index (χ3n) is 4.59. The number of nitrogens with zero attached hydrogens (tertiary/aromatic N) is 7. The molecule has 1 fully saturated rings. The first-order chi connectivity index (χ1) is 13.9. The number of halogens is 2. The van der Waals surface area contributed by atoms with E-state index in [2.05, 4.69) is 20.1 Å². The number of sulfonamides is 1. The molecule has 3 aromatic rings. The van der Waals surface area contributed by atoms with Gasteiger partial charge in [0.25, 0.3) is 0 Å². The highest BCUT2D eigenvalue weighted by Gasteiger charge is 2.28. The molecule has 0 spiro atoms. The molecule has 0 unspecified atom stereocenters. The van der Waals surface area contributed by atoms with Crippen molar-refractivity contribution in [2.24, 2.45) is 0 Å². The summed E-state index contributed by atoms with van der Waals surface area (Å²) in [5, 5.41) is 4.02. The Hall–Kier alpha value is -2.99. The maximum atomic E-state index is 13.8. The Morgan fingerprint density at radius 1 is 0.966 bits per heavy atom. The summed E-state index contributed by atoms with van der Waals surface area (Å²) >= 11 is 0. The fourth-order valence-electron chi connectivity index (χ4n) is 3.10. The Kier molecular flexibility index (Phi) is 5.20. The molecular formula is C17H17F2N7O2S. The SMILES string of the molecule is O=S(=O)(Cc1cc(F)ccc1F)N1CCN(c2cc(-n3cncn3)ncn2)CC1. The second-order valence-electron chi connectivity index (χ2n) is 6.45. The standard InChI is InChI=1S/C17H17F2N7O2S/c18-14-1-2-15(19)13(7-14)9-29(27,28)25-5-3-24(4-6-25)16-8-17(22-11-21-16)26-12-20-10-23-26/h1-2,7-8,10-12H,3-6,9H2. The zero-order chi connectivity index (χ0) is 20.4. The van der Waals surface area contributed by atoms with E-state index in [0.717, 1.165) is 18.2 Å². The quantitative estimate of drug-likeness (QED) is 0.606. The van der Waals surface area contributed by atoms with Crippen molar-refractivity contribution >= 4 is 15.8 Å². The third kappa shape index (κ3) is 4.22. The zero-order valence-corrected chi connectivity index (χ0v) is 16.0. The number of rotatable bonds is 5. The van der Waals surface area contributed by atoms with E-state index in [4.69, 9.17) is 0 Å². The number of hydrogen-bond donors (Lipinski definition) is 0. The van der Waals surface area contributed by atoms with Gasteiger partial charge in [0.2, 0.25) is 10.0 Å². The first-order valence-electron chi connectivity index (χ1n) is 8.76. The van der Waals surface area contributed by atoms with Gasteiger partial charge in [-0.2, -0.15) is 9.40 Å². The van der Waals surface area contributed by atoms with Crippen LogP contribution in [0.15, 0.2) is 43.2 Å². The summed E-state index contributed by atoms with van der Waals surface area (Å²) in [6, 6.07) is 4.54. The molecule has 1 saturated heterocycles. The molecule has 0 aliphatic carbocycles. The normalized spacial score (nSPS) is 15.6. The summed E-state index contributed by atoms with van der Waals surface area (Å²) < 4.78 is 55.2. The Bertz CT molecular complexity index is 1100. The predicted octanol–water partition coefficient (Wildman–Crippen LogP) is 0.987. The van der Waals surface area contributed by atoms with E-state index in [1.165, 1.54) is 28.0 Å². The van der Waals surface area contributed by atoms with Gasteiger partial charge in [-0.15, -0.1) is 0 Å². The Labute approximate surface area is 165 Å². The summed E-state index contributed by atoms with van der Waals surface area (Å²) in [5.41, 5.74) is -0.180. The lowest BCUT2D eigenvalue weighted by Crippen LogP contribution is -2.49. The molecule has 0 amide bonds. The van der Waals surface area contributed by atoms with E-state index in [-0.39, 0.29) is 18.7 Å². The molecule has 4 rings (SSSR count). The van der Waals surface area contributed by atoms with Crippen LogP contribution >= 0.6 is 0 Å². The van der Waals surface area contributed by atoms with Gasteiger partial charge in [0.15, 0.2) is 5.82 Å². The number of aromatic nitrogens is 5. The van der Waals surface area contributed by atoms with Gasteiger partial charge in [0.1, 0.15) is 36.4 Å². The highest BCUT2D eigenvalue weighted by molar-refractivity contribution is 7.88. The minimum atomic E-state index is -3.78.